The highest BCUT2D eigenvalue weighted by Gasteiger charge is 2.17. The van der Waals surface area contributed by atoms with Gasteiger partial charge in [0.25, 0.3) is 0 Å². The summed E-state index contributed by atoms with van der Waals surface area (Å²) in [5.74, 6) is 1.54. The smallest absolute Gasteiger partial charge is 0.228 e. The number of benzene rings is 1. The third-order valence-corrected chi connectivity index (χ3v) is 3.59. The van der Waals surface area contributed by atoms with E-state index in [9.17, 15) is 0 Å². The maximum Gasteiger partial charge on any atom is 0.228 e. The number of nitrogens with one attached hydrogen (secondary N) is 1. The van der Waals surface area contributed by atoms with E-state index in [1.54, 1.807) is 6.20 Å². The van der Waals surface area contributed by atoms with Crippen LogP contribution in [-0.4, -0.2) is 33.2 Å². The summed E-state index contributed by atoms with van der Waals surface area (Å²) in [6.45, 7) is 3.09. The zero-order chi connectivity index (χ0) is 15.4. The number of aromatic nitrogens is 4. The topological polar surface area (TPSA) is 58.4 Å². The minimum Gasteiger partial charge on any atom is -0.357 e. The van der Waals surface area contributed by atoms with Crippen molar-refractivity contribution in [2.24, 2.45) is 0 Å². The second-order valence-corrected chi connectivity index (χ2v) is 5.06. The Kier molecular flexibility index (Phi) is 4.18. The number of hydrogen-bond acceptors (Lipinski definition) is 5. The summed E-state index contributed by atoms with van der Waals surface area (Å²) in [6, 6.07) is 10.3. The van der Waals surface area contributed by atoms with Gasteiger partial charge in [-0.25, -0.2) is 4.98 Å². The molecule has 1 aromatic carbocycles. The molecule has 1 N–H and O–H groups in total. The van der Waals surface area contributed by atoms with Crippen molar-refractivity contribution in [1.29, 1.82) is 0 Å². The number of rotatable bonds is 6. The van der Waals surface area contributed by atoms with E-state index in [1.165, 1.54) is 0 Å². The van der Waals surface area contributed by atoms with Crippen LogP contribution in [0, 0.1) is 0 Å². The van der Waals surface area contributed by atoms with Crippen LogP contribution in [-0.2, 0) is 0 Å². The van der Waals surface area contributed by atoms with Crippen LogP contribution in [0.15, 0.2) is 42.7 Å². The average Bonchev–Trinajstić information content (AvgIpc) is 3.00. The highest BCUT2D eigenvalue weighted by molar-refractivity contribution is 5.73. The monoisotopic (exact) mass is 296 g/mol. The maximum absolute atomic E-state index is 4.56. The van der Waals surface area contributed by atoms with Gasteiger partial charge in [0, 0.05) is 31.7 Å². The first-order chi connectivity index (χ1) is 10.8. The van der Waals surface area contributed by atoms with Crippen LogP contribution < -0.4 is 10.2 Å². The predicted molar refractivity (Wildman–Crippen MR) is 88.7 cm³/mol. The van der Waals surface area contributed by atoms with Crippen LogP contribution in [0.1, 0.15) is 19.8 Å². The van der Waals surface area contributed by atoms with Crippen molar-refractivity contribution in [3.8, 4) is 0 Å². The van der Waals surface area contributed by atoms with E-state index in [1.807, 2.05) is 35.8 Å². The van der Waals surface area contributed by atoms with Gasteiger partial charge < -0.3 is 10.2 Å². The summed E-state index contributed by atoms with van der Waals surface area (Å²) in [5, 5.41) is 11.5. The third kappa shape index (κ3) is 2.59. The molecule has 6 heteroatoms. The van der Waals surface area contributed by atoms with Crippen molar-refractivity contribution in [2.45, 2.75) is 19.8 Å². The lowest BCUT2D eigenvalue weighted by Crippen LogP contribution is -2.20. The van der Waals surface area contributed by atoms with Crippen molar-refractivity contribution in [3.05, 3.63) is 42.7 Å². The molecule has 0 radical (unpaired) electrons. The molecule has 0 aliphatic carbocycles. The first kappa shape index (κ1) is 14.3. The molecule has 0 aliphatic rings. The average molecular weight is 296 g/mol. The Hall–Kier alpha value is -2.63. The molecule has 0 saturated heterocycles. The predicted octanol–water partition coefficient (Wildman–Crippen LogP) is 3.10. The van der Waals surface area contributed by atoms with Gasteiger partial charge in [-0.3, -0.25) is 4.40 Å². The van der Waals surface area contributed by atoms with Crippen LogP contribution in [0.25, 0.3) is 5.65 Å². The van der Waals surface area contributed by atoms with Gasteiger partial charge in [0.2, 0.25) is 11.6 Å². The lowest BCUT2D eigenvalue weighted by Gasteiger charge is -2.23. The van der Waals surface area contributed by atoms with Gasteiger partial charge in [-0.15, -0.1) is 10.2 Å². The van der Waals surface area contributed by atoms with E-state index in [4.69, 9.17) is 0 Å². The largest absolute Gasteiger partial charge is 0.357 e. The summed E-state index contributed by atoms with van der Waals surface area (Å²) in [7, 11) is 1.84. The molecular formula is C16H20N6. The fraction of sp³-hybridized carbons (Fsp3) is 0.312. The molecule has 0 amide bonds. The second kappa shape index (κ2) is 6.43. The summed E-state index contributed by atoms with van der Waals surface area (Å²) >= 11 is 0. The van der Waals surface area contributed by atoms with E-state index in [0.717, 1.165) is 36.5 Å². The van der Waals surface area contributed by atoms with Crippen molar-refractivity contribution in [1.82, 2.24) is 19.6 Å². The minimum atomic E-state index is 0.710. The maximum atomic E-state index is 4.56. The fourth-order valence-corrected chi connectivity index (χ4v) is 2.46. The Morgan fingerprint density at radius 1 is 1.18 bits per heavy atom. The molecular weight excluding hydrogens is 276 g/mol. The number of fused-ring (bicyclic) bond motifs is 1. The van der Waals surface area contributed by atoms with Gasteiger partial charge in [-0.05, 0) is 18.6 Å². The summed E-state index contributed by atoms with van der Waals surface area (Å²) in [5.41, 5.74) is 1.87. The van der Waals surface area contributed by atoms with E-state index in [-0.39, 0.29) is 0 Å². The molecule has 2 aromatic heterocycles. The fourth-order valence-electron chi connectivity index (χ4n) is 2.46. The van der Waals surface area contributed by atoms with Gasteiger partial charge in [0.15, 0.2) is 5.82 Å². The zero-order valence-corrected chi connectivity index (χ0v) is 12.9. The number of unbranched alkanes of at least 4 members (excludes halogenated alkanes) is 1. The Labute approximate surface area is 129 Å². The van der Waals surface area contributed by atoms with Crippen molar-refractivity contribution in [2.75, 3.05) is 23.8 Å². The van der Waals surface area contributed by atoms with Crippen molar-refractivity contribution in [3.63, 3.8) is 0 Å². The zero-order valence-electron chi connectivity index (χ0n) is 12.9. The van der Waals surface area contributed by atoms with Crippen LogP contribution in [0.4, 0.5) is 17.5 Å². The molecule has 0 fully saturated rings. The summed E-state index contributed by atoms with van der Waals surface area (Å²) in [6.07, 6.45) is 5.87. The molecule has 22 heavy (non-hydrogen) atoms. The lowest BCUT2D eigenvalue weighted by molar-refractivity contribution is 0.779. The number of para-hydroxylation sites is 1. The van der Waals surface area contributed by atoms with Crippen molar-refractivity contribution >= 4 is 23.1 Å². The second-order valence-electron chi connectivity index (χ2n) is 5.06. The number of hydrogen-bond donors (Lipinski definition) is 1. The van der Waals surface area contributed by atoms with Crippen LogP contribution in [0.3, 0.4) is 0 Å². The molecule has 0 aliphatic heterocycles. The summed E-state index contributed by atoms with van der Waals surface area (Å²) in [4.78, 5) is 6.76. The number of anilines is 3. The molecule has 3 rings (SSSR count). The number of nitrogens with zero attached hydrogens (tertiary/aromatic N) is 5. The Balaban J connectivity index is 2.10. The lowest BCUT2D eigenvalue weighted by atomic mass is 10.2. The van der Waals surface area contributed by atoms with E-state index >= 15 is 0 Å². The molecule has 0 saturated carbocycles. The van der Waals surface area contributed by atoms with Crippen molar-refractivity contribution < 1.29 is 0 Å². The normalized spacial score (nSPS) is 10.8. The summed E-state index contributed by atoms with van der Waals surface area (Å²) < 4.78 is 1.92. The van der Waals surface area contributed by atoms with E-state index in [2.05, 4.69) is 44.5 Å². The highest BCUT2D eigenvalue weighted by atomic mass is 15.3. The standard InChI is InChI=1S/C16H20N6/c1-3-4-11-21(13-8-6-5-7-9-13)14-15-19-20-16(17-2)22(15)12-10-18-14/h5-10,12H,3-4,11H2,1-2H3,(H,17,20). The molecule has 3 aromatic rings. The Bertz CT molecular complexity index is 737. The van der Waals surface area contributed by atoms with E-state index < -0.39 is 0 Å². The Morgan fingerprint density at radius 2 is 2.00 bits per heavy atom. The molecule has 114 valence electrons. The molecule has 0 unspecified atom stereocenters. The van der Waals surface area contributed by atoms with Crippen LogP contribution in [0.2, 0.25) is 0 Å². The Morgan fingerprint density at radius 3 is 2.73 bits per heavy atom. The minimum absolute atomic E-state index is 0.710. The molecule has 0 bridgehead atoms. The molecule has 6 nitrogen and oxygen atoms in total. The molecule has 2 heterocycles. The van der Waals surface area contributed by atoms with Gasteiger partial charge in [0.05, 0.1) is 0 Å². The first-order valence-corrected chi connectivity index (χ1v) is 7.55. The molecule has 0 spiro atoms. The van der Waals surface area contributed by atoms with Crippen LogP contribution in [0.5, 0.6) is 0 Å². The van der Waals surface area contributed by atoms with Gasteiger partial charge in [-0.2, -0.15) is 0 Å². The van der Waals surface area contributed by atoms with Gasteiger partial charge >= 0.3 is 0 Å². The molecule has 0 atom stereocenters. The highest BCUT2D eigenvalue weighted by Crippen LogP contribution is 2.27. The quantitative estimate of drug-likeness (QED) is 0.757. The SMILES string of the molecule is CCCCN(c1ccccc1)c1nccn2c(NC)nnc12. The first-order valence-electron chi connectivity index (χ1n) is 7.55. The van der Waals surface area contributed by atoms with E-state index in [0.29, 0.717) is 5.95 Å². The van der Waals surface area contributed by atoms with Gasteiger partial charge in [0.1, 0.15) is 0 Å². The van der Waals surface area contributed by atoms with Crippen LogP contribution >= 0.6 is 0 Å². The third-order valence-electron chi connectivity index (χ3n) is 3.59. The van der Waals surface area contributed by atoms with Gasteiger partial charge in [-0.1, -0.05) is 31.5 Å².